The van der Waals surface area contributed by atoms with Gasteiger partial charge in [0.15, 0.2) is 0 Å². The smallest absolute Gasteiger partial charge is 0.417 e. The van der Waals surface area contributed by atoms with Crippen molar-refractivity contribution in [2.75, 3.05) is 0 Å². The number of alkyl halides is 3. The Morgan fingerprint density at radius 3 is 2.53 bits per heavy atom. The predicted octanol–water partition coefficient (Wildman–Crippen LogP) is 3.24. The van der Waals surface area contributed by atoms with Crippen LogP contribution >= 0.6 is 11.6 Å². The fourth-order valence-corrected chi connectivity index (χ4v) is 1.67. The number of benzene rings is 1. The summed E-state index contributed by atoms with van der Waals surface area (Å²) in [6, 6.07) is 2.82. The van der Waals surface area contributed by atoms with Crippen molar-refractivity contribution < 1.29 is 23.1 Å². The van der Waals surface area contributed by atoms with Gasteiger partial charge in [-0.25, -0.2) is 9.48 Å². The molecule has 0 radical (unpaired) electrons. The van der Waals surface area contributed by atoms with E-state index in [9.17, 15) is 18.0 Å². The van der Waals surface area contributed by atoms with Gasteiger partial charge in [-0.15, -0.1) is 0 Å². The van der Waals surface area contributed by atoms with Gasteiger partial charge in [0.2, 0.25) is 0 Å². The summed E-state index contributed by atoms with van der Waals surface area (Å²) in [4.78, 5) is 10.8. The highest BCUT2D eigenvalue weighted by Gasteiger charge is 2.35. The second-order valence-electron chi connectivity index (χ2n) is 3.64. The molecule has 19 heavy (non-hydrogen) atoms. The van der Waals surface area contributed by atoms with E-state index in [1.165, 1.54) is 18.5 Å². The molecule has 0 aliphatic rings. The highest BCUT2D eigenvalue weighted by molar-refractivity contribution is 6.30. The first-order valence-electron chi connectivity index (χ1n) is 4.94. The zero-order valence-corrected chi connectivity index (χ0v) is 9.90. The summed E-state index contributed by atoms with van der Waals surface area (Å²) in [6.07, 6.45) is -2.18. The number of hydrogen-bond acceptors (Lipinski definition) is 2. The maximum Gasteiger partial charge on any atom is 0.417 e. The van der Waals surface area contributed by atoms with Crippen molar-refractivity contribution in [2.45, 2.75) is 6.18 Å². The summed E-state index contributed by atoms with van der Waals surface area (Å²) in [7, 11) is 0. The Kier molecular flexibility index (Phi) is 3.23. The van der Waals surface area contributed by atoms with Crippen LogP contribution in [0.4, 0.5) is 13.2 Å². The average molecular weight is 291 g/mol. The molecule has 2 aromatic rings. The fourth-order valence-electron chi connectivity index (χ4n) is 1.54. The Bertz CT molecular complexity index is 637. The molecule has 0 atom stereocenters. The van der Waals surface area contributed by atoms with Crippen molar-refractivity contribution >= 4 is 17.6 Å². The minimum Gasteiger partial charge on any atom is -0.478 e. The van der Waals surface area contributed by atoms with Crippen LogP contribution in [0.5, 0.6) is 0 Å². The molecule has 0 saturated carbocycles. The molecule has 4 nitrogen and oxygen atoms in total. The number of nitrogens with zero attached hydrogens (tertiary/aromatic N) is 2. The van der Waals surface area contributed by atoms with Gasteiger partial charge in [-0.2, -0.15) is 18.3 Å². The molecular weight excluding hydrogens is 285 g/mol. The lowest BCUT2D eigenvalue weighted by Crippen LogP contribution is -2.13. The van der Waals surface area contributed by atoms with Crippen molar-refractivity contribution in [3.8, 4) is 5.69 Å². The molecule has 0 bridgehead atoms. The molecular formula is C11H6ClF3N2O2. The Morgan fingerprint density at radius 2 is 2.05 bits per heavy atom. The number of hydrogen-bond donors (Lipinski definition) is 1. The van der Waals surface area contributed by atoms with Gasteiger partial charge in [0.05, 0.1) is 28.0 Å². The van der Waals surface area contributed by atoms with Crippen LogP contribution in [0.15, 0.2) is 30.6 Å². The first kappa shape index (κ1) is 13.4. The number of aromatic carboxylic acids is 1. The van der Waals surface area contributed by atoms with Crippen LogP contribution in [0.25, 0.3) is 5.69 Å². The summed E-state index contributed by atoms with van der Waals surface area (Å²) >= 11 is 5.62. The second kappa shape index (κ2) is 4.58. The summed E-state index contributed by atoms with van der Waals surface area (Å²) in [5, 5.41) is 12.8. The lowest BCUT2D eigenvalue weighted by molar-refractivity contribution is -0.138. The lowest BCUT2D eigenvalue weighted by Gasteiger charge is -2.12. The molecule has 8 heteroatoms. The van der Waals surface area contributed by atoms with E-state index in [0.717, 1.165) is 10.7 Å². The van der Waals surface area contributed by atoms with Crippen LogP contribution in [-0.2, 0) is 6.18 Å². The van der Waals surface area contributed by atoms with Crippen LogP contribution in [0.3, 0.4) is 0 Å². The third kappa shape index (κ3) is 2.70. The van der Waals surface area contributed by atoms with Crippen LogP contribution < -0.4 is 0 Å². The van der Waals surface area contributed by atoms with Crippen LogP contribution in [-0.4, -0.2) is 20.9 Å². The van der Waals surface area contributed by atoms with E-state index in [1.807, 2.05) is 0 Å². The van der Waals surface area contributed by atoms with Gasteiger partial charge in [-0.05, 0) is 18.2 Å². The Hall–Kier alpha value is -2.02. The van der Waals surface area contributed by atoms with Gasteiger partial charge in [-0.3, -0.25) is 0 Å². The predicted molar refractivity (Wildman–Crippen MR) is 60.5 cm³/mol. The second-order valence-corrected chi connectivity index (χ2v) is 4.07. The minimum atomic E-state index is -4.76. The highest BCUT2D eigenvalue weighted by atomic mass is 35.5. The molecule has 1 N–H and O–H groups in total. The maximum atomic E-state index is 12.8. The van der Waals surface area contributed by atoms with Crippen molar-refractivity contribution in [2.24, 2.45) is 0 Å². The topological polar surface area (TPSA) is 55.1 Å². The summed E-state index contributed by atoms with van der Waals surface area (Å²) < 4.78 is 39.5. The van der Waals surface area contributed by atoms with Gasteiger partial charge < -0.3 is 5.11 Å². The van der Waals surface area contributed by atoms with E-state index in [-0.39, 0.29) is 10.7 Å². The van der Waals surface area contributed by atoms with E-state index in [2.05, 4.69) is 5.10 Å². The SMILES string of the molecule is O=C(O)c1ccc(-n2cc(Cl)cn2)cc1C(F)(F)F. The molecule has 1 aromatic carbocycles. The number of carboxylic acids is 1. The summed E-state index contributed by atoms with van der Waals surface area (Å²) in [6.45, 7) is 0. The maximum absolute atomic E-state index is 12.8. The average Bonchev–Trinajstić information content (AvgIpc) is 2.74. The third-order valence-electron chi connectivity index (χ3n) is 2.35. The quantitative estimate of drug-likeness (QED) is 0.924. The van der Waals surface area contributed by atoms with Gasteiger partial charge in [0.1, 0.15) is 0 Å². The third-order valence-corrected chi connectivity index (χ3v) is 2.55. The van der Waals surface area contributed by atoms with Gasteiger partial charge >= 0.3 is 12.1 Å². The zero-order valence-electron chi connectivity index (χ0n) is 9.15. The number of rotatable bonds is 2. The minimum absolute atomic E-state index is 0.0734. The van der Waals surface area contributed by atoms with Crippen molar-refractivity contribution in [1.82, 2.24) is 9.78 Å². The molecule has 0 aliphatic carbocycles. The van der Waals surface area contributed by atoms with E-state index < -0.39 is 23.3 Å². The first-order valence-corrected chi connectivity index (χ1v) is 5.32. The highest BCUT2D eigenvalue weighted by Crippen LogP contribution is 2.33. The van der Waals surface area contributed by atoms with Crippen LogP contribution in [0.1, 0.15) is 15.9 Å². The summed E-state index contributed by atoms with van der Waals surface area (Å²) in [5.74, 6) is -1.64. The first-order chi connectivity index (χ1) is 8.79. The Balaban J connectivity index is 2.59. The monoisotopic (exact) mass is 290 g/mol. The molecule has 0 spiro atoms. The molecule has 1 aromatic heterocycles. The molecule has 0 aliphatic heterocycles. The Morgan fingerprint density at radius 1 is 1.37 bits per heavy atom. The number of carbonyl (C=O) groups is 1. The van der Waals surface area contributed by atoms with Crippen LogP contribution in [0, 0.1) is 0 Å². The molecule has 0 amide bonds. The fraction of sp³-hybridized carbons (Fsp3) is 0.0909. The molecule has 2 rings (SSSR count). The van der Waals surface area contributed by atoms with E-state index >= 15 is 0 Å². The van der Waals surface area contributed by atoms with Crippen LogP contribution in [0.2, 0.25) is 5.02 Å². The summed E-state index contributed by atoms with van der Waals surface area (Å²) in [5.41, 5.74) is -1.97. The molecule has 1 heterocycles. The van der Waals surface area contributed by atoms with E-state index in [1.54, 1.807) is 0 Å². The Labute approximate surface area is 110 Å². The van der Waals surface area contributed by atoms with Crippen molar-refractivity contribution in [3.05, 3.63) is 46.7 Å². The molecule has 100 valence electrons. The number of halogens is 4. The normalized spacial score (nSPS) is 11.6. The van der Waals surface area contributed by atoms with Gasteiger partial charge in [-0.1, -0.05) is 11.6 Å². The largest absolute Gasteiger partial charge is 0.478 e. The van der Waals surface area contributed by atoms with E-state index in [4.69, 9.17) is 16.7 Å². The number of carboxylic acid groups (broad SMARTS) is 1. The lowest BCUT2D eigenvalue weighted by atomic mass is 10.1. The van der Waals surface area contributed by atoms with E-state index in [0.29, 0.717) is 6.07 Å². The zero-order chi connectivity index (χ0) is 14.2. The van der Waals surface area contributed by atoms with Gasteiger partial charge in [0, 0.05) is 6.20 Å². The van der Waals surface area contributed by atoms with Gasteiger partial charge in [0.25, 0.3) is 0 Å². The van der Waals surface area contributed by atoms with Crippen molar-refractivity contribution in [3.63, 3.8) is 0 Å². The molecule has 0 fully saturated rings. The molecule has 0 saturated heterocycles. The standard InChI is InChI=1S/C11H6ClF3N2O2/c12-6-4-16-17(5-6)7-1-2-8(10(18)19)9(3-7)11(13,14)15/h1-5H,(H,18,19). The van der Waals surface area contributed by atoms with Crippen molar-refractivity contribution in [1.29, 1.82) is 0 Å². The number of aromatic nitrogens is 2. The molecule has 0 unspecified atom stereocenters.